The number of hydrogen-bond acceptors (Lipinski definition) is 4. The molecule has 128 valence electrons. The van der Waals surface area contributed by atoms with E-state index in [0.29, 0.717) is 30.2 Å². The van der Waals surface area contributed by atoms with Gasteiger partial charge in [0.25, 0.3) is 5.91 Å². The normalized spacial score (nSPS) is 10.5. The fourth-order valence-corrected chi connectivity index (χ4v) is 2.05. The summed E-state index contributed by atoms with van der Waals surface area (Å²) in [5.41, 5.74) is 1.50. The Kier molecular flexibility index (Phi) is 6.66. The minimum Gasteiger partial charge on any atom is -0.467 e. The molecule has 1 heterocycles. The maximum Gasteiger partial charge on any atom is 0.258 e. The number of halogens is 1. The van der Waals surface area contributed by atoms with Gasteiger partial charge in [0.05, 0.1) is 0 Å². The molecule has 0 fully saturated rings. The predicted molar refractivity (Wildman–Crippen MR) is 90.2 cm³/mol. The first-order valence-corrected chi connectivity index (χ1v) is 8.15. The van der Waals surface area contributed by atoms with E-state index in [1.165, 1.54) is 12.1 Å². The van der Waals surface area contributed by atoms with Crippen LogP contribution in [-0.4, -0.2) is 29.0 Å². The molecule has 1 N–H and O–H groups in total. The van der Waals surface area contributed by atoms with Crippen molar-refractivity contribution in [1.29, 1.82) is 0 Å². The summed E-state index contributed by atoms with van der Waals surface area (Å²) in [6.07, 6.45) is 2.66. The Labute approximate surface area is 141 Å². The van der Waals surface area contributed by atoms with Gasteiger partial charge >= 0.3 is 0 Å². The molecular formula is C18H22FN3O2. The largest absolute Gasteiger partial charge is 0.467 e. The zero-order chi connectivity index (χ0) is 17.4. The van der Waals surface area contributed by atoms with Crippen molar-refractivity contribution in [2.45, 2.75) is 33.1 Å². The molecule has 0 saturated carbocycles. The van der Waals surface area contributed by atoms with Gasteiger partial charge in [0.2, 0.25) is 5.88 Å². The van der Waals surface area contributed by atoms with Crippen molar-refractivity contribution < 1.29 is 13.9 Å². The first-order chi connectivity index (χ1) is 11.6. The number of carbonyl (C=O) groups excluding carboxylic acids is 1. The maximum absolute atomic E-state index is 13.1. The number of benzene rings is 1. The molecule has 1 aromatic heterocycles. The van der Waals surface area contributed by atoms with Crippen LogP contribution in [0.15, 0.2) is 30.3 Å². The number of aryl methyl sites for hydroxylation is 1. The van der Waals surface area contributed by atoms with Crippen molar-refractivity contribution in [2.24, 2.45) is 0 Å². The van der Waals surface area contributed by atoms with Crippen LogP contribution in [0, 0.1) is 5.82 Å². The molecule has 24 heavy (non-hydrogen) atoms. The van der Waals surface area contributed by atoms with Crippen LogP contribution < -0.4 is 10.1 Å². The van der Waals surface area contributed by atoms with Crippen LogP contribution in [0.4, 0.5) is 4.39 Å². The minimum atomic E-state index is -0.314. The second-order valence-electron chi connectivity index (χ2n) is 5.37. The van der Waals surface area contributed by atoms with E-state index in [1.807, 2.05) is 6.92 Å². The molecule has 0 unspecified atom stereocenters. The fraction of sp³-hybridized carbons (Fsp3) is 0.389. The third-order valence-corrected chi connectivity index (χ3v) is 3.42. The van der Waals surface area contributed by atoms with E-state index in [9.17, 15) is 9.18 Å². The molecule has 0 spiro atoms. The van der Waals surface area contributed by atoms with Crippen LogP contribution in [0.5, 0.6) is 5.88 Å². The van der Waals surface area contributed by atoms with E-state index in [4.69, 9.17) is 4.74 Å². The number of rotatable bonds is 8. The molecule has 2 rings (SSSR count). The summed E-state index contributed by atoms with van der Waals surface area (Å²) in [6.45, 7) is 4.58. The Balaban J connectivity index is 2.08. The summed E-state index contributed by atoms with van der Waals surface area (Å²) in [5, 5.41) is 2.79. The Morgan fingerprint density at radius 3 is 2.62 bits per heavy atom. The van der Waals surface area contributed by atoms with Gasteiger partial charge in [-0.2, -0.15) is 4.98 Å². The summed E-state index contributed by atoms with van der Waals surface area (Å²) in [5.74, 6) is 0.302. The number of carbonyl (C=O) groups is 1. The SMILES string of the molecule is CCCCNC(=O)COc1cc(CC)nc(-c2ccc(F)cc2)n1. The summed E-state index contributed by atoms with van der Waals surface area (Å²) < 4.78 is 18.5. The van der Waals surface area contributed by atoms with E-state index in [2.05, 4.69) is 22.2 Å². The highest BCUT2D eigenvalue weighted by atomic mass is 19.1. The quantitative estimate of drug-likeness (QED) is 0.755. The molecule has 0 saturated heterocycles. The highest BCUT2D eigenvalue weighted by molar-refractivity contribution is 5.77. The van der Waals surface area contributed by atoms with E-state index < -0.39 is 0 Å². The van der Waals surface area contributed by atoms with Crippen molar-refractivity contribution >= 4 is 5.91 Å². The number of unbranched alkanes of at least 4 members (excludes halogenated alkanes) is 1. The second kappa shape index (κ2) is 8.96. The van der Waals surface area contributed by atoms with Gasteiger partial charge < -0.3 is 10.1 Å². The monoisotopic (exact) mass is 331 g/mol. The van der Waals surface area contributed by atoms with Crippen LogP contribution in [0.1, 0.15) is 32.4 Å². The van der Waals surface area contributed by atoms with Crippen LogP contribution in [-0.2, 0) is 11.2 Å². The van der Waals surface area contributed by atoms with Gasteiger partial charge in [0, 0.05) is 23.9 Å². The minimum absolute atomic E-state index is 0.0905. The Morgan fingerprint density at radius 1 is 1.21 bits per heavy atom. The number of nitrogens with one attached hydrogen (secondary N) is 1. The number of aromatic nitrogens is 2. The zero-order valence-electron chi connectivity index (χ0n) is 14.0. The Morgan fingerprint density at radius 2 is 1.96 bits per heavy atom. The van der Waals surface area contributed by atoms with Gasteiger partial charge in [-0.15, -0.1) is 0 Å². The Bertz CT molecular complexity index is 674. The summed E-state index contributed by atoms with van der Waals surface area (Å²) >= 11 is 0. The molecule has 6 heteroatoms. The van der Waals surface area contributed by atoms with Gasteiger partial charge in [-0.05, 0) is 37.1 Å². The maximum atomic E-state index is 13.1. The van der Waals surface area contributed by atoms with E-state index >= 15 is 0 Å². The third-order valence-electron chi connectivity index (χ3n) is 3.42. The van der Waals surface area contributed by atoms with Gasteiger partial charge in [-0.3, -0.25) is 4.79 Å². The second-order valence-corrected chi connectivity index (χ2v) is 5.37. The van der Waals surface area contributed by atoms with Gasteiger partial charge in [-0.1, -0.05) is 20.3 Å². The van der Waals surface area contributed by atoms with E-state index in [-0.39, 0.29) is 18.3 Å². The lowest BCUT2D eigenvalue weighted by Crippen LogP contribution is -2.29. The molecule has 0 radical (unpaired) electrons. The lowest BCUT2D eigenvalue weighted by molar-refractivity contribution is -0.123. The number of nitrogens with zero attached hydrogens (tertiary/aromatic N) is 2. The smallest absolute Gasteiger partial charge is 0.258 e. The number of amides is 1. The van der Waals surface area contributed by atoms with Crippen molar-refractivity contribution in [3.8, 4) is 17.3 Å². The van der Waals surface area contributed by atoms with Crippen LogP contribution in [0.25, 0.3) is 11.4 Å². The molecule has 2 aromatic rings. The molecule has 0 aliphatic heterocycles. The lowest BCUT2D eigenvalue weighted by atomic mass is 10.2. The molecule has 5 nitrogen and oxygen atoms in total. The molecule has 0 bridgehead atoms. The van der Waals surface area contributed by atoms with Crippen molar-refractivity contribution in [3.63, 3.8) is 0 Å². The van der Waals surface area contributed by atoms with E-state index in [0.717, 1.165) is 18.5 Å². The standard InChI is InChI=1S/C18H22FN3O2/c1-3-5-10-20-16(23)12-24-17-11-15(4-2)21-18(22-17)13-6-8-14(19)9-7-13/h6-9,11H,3-5,10,12H2,1-2H3,(H,20,23). The Hall–Kier alpha value is -2.50. The van der Waals surface area contributed by atoms with Crippen LogP contribution >= 0.6 is 0 Å². The fourth-order valence-electron chi connectivity index (χ4n) is 2.05. The predicted octanol–water partition coefficient (Wildman–Crippen LogP) is 3.14. The summed E-state index contributed by atoms with van der Waals surface area (Å²) in [7, 11) is 0. The van der Waals surface area contributed by atoms with Gasteiger partial charge in [0.1, 0.15) is 5.82 Å². The van der Waals surface area contributed by atoms with E-state index in [1.54, 1.807) is 18.2 Å². The average Bonchev–Trinajstić information content (AvgIpc) is 2.60. The molecule has 1 amide bonds. The van der Waals surface area contributed by atoms with Crippen LogP contribution in [0.2, 0.25) is 0 Å². The topological polar surface area (TPSA) is 64.1 Å². The van der Waals surface area contributed by atoms with Gasteiger partial charge in [0.15, 0.2) is 12.4 Å². The zero-order valence-corrected chi connectivity index (χ0v) is 14.0. The van der Waals surface area contributed by atoms with Crippen molar-refractivity contribution in [1.82, 2.24) is 15.3 Å². The van der Waals surface area contributed by atoms with Gasteiger partial charge in [-0.25, -0.2) is 9.37 Å². The highest BCUT2D eigenvalue weighted by Crippen LogP contribution is 2.20. The molecule has 1 aromatic carbocycles. The number of hydrogen-bond donors (Lipinski definition) is 1. The number of ether oxygens (including phenoxy) is 1. The molecule has 0 aliphatic rings. The lowest BCUT2D eigenvalue weighted by Gasteiger charge is -2.09. The molecular weight excluding hydrogens is 309 g/mol. The van der Waals surface area contributed by atoms with Crippen LogP contribution in [0.3, 0.4) is 0 Å². The summed E-state index contributed by atoms with van der Waals surface area (Å²) in [6, 6.07) is 7.67. The van der Waals surface area contributed by atoms with Crippen molar-refractivity contribution in [2.75, 3.05) is 13.2 Å². The third kappa shape index (κ3) is 5.30. The summed E-state index contributed by atoms with van der Waals surface area (Å²) in [4.78, 5) is 20.5. The first-order valence-electron chi connectivity index (χ1n) is 8.15. The highest BCUT2D eigenvalue weighted by Gasteiger charge is 2.09. The van der Waals surface area contributed by atoms with Crippen molar-refractivity contribution in [3.05, 3.63) is 41.8 Å². The average molecular weight is 331 g/mol. The molecule has 0 atom stereocenters. The molecule has 0 aliphatic carbocycles. The first kappa shape index (κ1) is 17.8.